The normalized spacial score (nSPS) is 24.6. The molecule has 2 amide bonds. The molecule has 0 spiro atoms. The first-order valence-electron chi connectivity index (χ1n) is 7.90. The van der Waals surface area contributed by atoms with Crippen molar-refractivity contribution in [3.05, 3.63) is 28.8 Å². The lowest BCUT2D eigenvalue weighted by atomic mass is 10.0. The number of amides is 2. The molecule has 0 saturated carbocycles. The van der Waals surface area contributed by atoms with E-state index in [0.717, 1.165) is 16.7 Å². The highest BCUT2D eigenvalue weighted by molar-refractivity contribution is 6.01. The summed E-state index contributed by atoms with van der Waals surface area (Å²) < 4.78 is 19.7. The Morgan fingerprint density at radius 1 is 1.22 bits per heavy atom. The van der Waals surface area contributed by atoms with Crippen molar-refractivity contribution in [1.82, 2.24) is 10.2 Å². The van der Waals surface area contributed by atoms with Gasteiger partial charge in [-0.15, -0.1) is 0 Å². The molecule has 1 N–H and O–H groups in total. The third kappa shape index (κ3) is 3.22. The molecule has 1 aromatic rings. The fraction of sp³-hybridized carbons (Fsp3) is 0.529. The fourth-order valence-electron chi connectivity index (χ4n) is 3.19. The van der Waals surface area contributed by atoms with Crippen LogP contribution in [0.2, 0.25) is 0 Å². The van der Waals surface area contributed by atoms with E-state index in [1.165, 1.54) is 4.90 Å². The third-order valence-corrected chi connectivity index (χ3v) is 4.34. The van der Waals surface area contributed by atoms with Crippen molar-refractivity contribution in [1.29, 1.82) is 0 Å². The Bertz CT molecular complexity index is 631. The van der Waals surface area contributed by atoms with Crippen LogP contribution in [-0.4, -0.2) is 42.1 Å². The average Bonchev–Trinajstić information content (AvgIpc) is 3.03. The van der Waals surface area contributed by atoms with Crippen molar-refractivity contribution in [3.63, 3.8) is 0 Å². The number of imide groups is 1. The maximum atomic E-state index is 13.8. The van der Waals surface area contributed by atoms with Crippen LogP contribution in [0.3, 0.4) is 0 Å². The summed E-state index contributed by atoms with van der Waals surface area (Å²) in [5.74, 6) is 0.261. The third-order valence-electron chi connectivity index (χ3n) is 4.34. The number of alkyl halides is 1. The molecule has 2 fully saturated rings. The minimum absolute atomic E-state index is 0.161. The predicted octanol–water partition coefficient (Wildman–Crippen LogP) is 1.64. The van der Waals surface area contributed by atoms with Crippen LogP contribution in [0.25, 0.3) is 0 Å². The Morgan fingerprint density at radius 2 is 1.91 bits per heavy atom. The second-order valence-electron chi connectivity index (χ2n) is 6.27. The van der Waals surface area contributed by atoms with Gasteiger partial charge in [-0.3, -0.25) is 14.5 Å². The van der Waals surface area contributed by atoms with Gasteiger partial charge in [-0.2, -0.15) is 0 Å². The number of nitrogens with zero attached hydrogens (tertiary/aromatic N) is 1. The molecule has 0 unspecified atom stereocenters. The summed E-state index contributed by atoms with van der Waals surface area (Å²) in [5.41, 5.74) is 2.66. The lowest BCUT2D eigenvalue weighted by Crippen LogP contribution is -2.30. The van der Waals surface area contributed by atoms with Gasteiger partial charge in [0.15, 0.2) is 6.17 Å². The maximum absolute atomic E-state index is 13.8. The topological polar surface area (TPSA) is 58.6 Å². The molecule has 23 heavy (non-hydrogen) atoms. The summed E-state index contributed by atoms with van der Waals surface area (Å²) in [6.07, 6.45) is -1.07. The molecule has 5 nitrogen and oxygen atoms in total. The first-order valence-corrected chi connectivity index (χ1v) is 7.90. The Labute approximate surface area is 134 Å². The zero-order valence-corrected chi connectivity index (χ0v) is 13.4. The van der Waals surface area contributed by atoms with Gasteiger partial charge in [0.25, 0.3) is 0 Å². The summed E-state index contributed by atoms with van der Waals surface area (Å²) in [4.78, 5) is 25.0. The van der Waals surface area contributed by atoms with E-state index in [1.54, 1.807) is 0 Å². The van der Waals surface area contributed by atoms with Gasteiger partial charge in [0.1, 0.15) is 11.9 Å². The minimum atomic E-state index is -1.06. The van der Waals surface area contributed by atoms with Crippen molar-refractivity contribution in [2.45, 2.75) is 45.5 Å². The van der Waals surface area contributed by atoms with E-state index >= 15 is 0 Å². The van der Waals surface area contributed by atoms with Crippen LogP contribution in [0, 0.1) is 13.8 Å². The molecule has 0 aliphatic carbocycles. The molecule has 0 aromatic heterocycles. The van der Waals surface area contributed by atoms with Crippen molar-refractivity contribution in [2.75, 3.05) is 13.1 Å². The van der Waals surface area contributed by atoms with E-state index in [-0.39, 0.29) is 37.7 Å². The minimum Gasteiger partial charge on any atom is -0.485 e. The lowest BCUT2D eigenvalue weighted by Gasteiger charge is -2.22. The quantitative estimate of drug-likeness (QED) is 0.857. The number of ether oxygens (including phenoxy) is 1. The second-order valence-corrected chi connectivity index (χ2v) is 6.27. The van der Waals surface area contributed by atoms with E-state index < -0.39 is 12.3 Å². The van der Waals surface area contributed by atoms with Gasteiger partial charge in [-0.05, 0) is 19.4 Å². The molecule has 2 saturated heterocycles. The summed E-state index contributed by atoms with van der Waals surface area (Å²) >= 11 is 0. The largest absolute Gasteiger partial charge is 0.485 e. The summed E-state index contributed by atoms with van der Waals surface area (Å²) in [6.45, 7) is 4.77. The Balaban J connectivity index is 1.88. The van der Waals surface area contributed by atoms with Gasteiger partial charge in [-0.1, -0.05) is 17.7 Å². The van der Waals surface area contributed by atoms with Gasteiger partial charge in [0.2, 0.25) is 11.8 Å². The van der Waals surface area contributed by atoms with E-state index in [2.05, 4.69) is 5.32 Å². The molecule has 0 bridgehead atoms. The zero-order valence-electron chi connectivity index (χ0n) is 13.4. The van der Waals surface area contributed by atoms with Crippen LogP contribution in [0.5, 0.6) is 5.75 Å². The number of hydrogen-bond donors (Lipinski definition) is 1. The number of carbonyl (C=O) groups is 2. The van der Waals surface area contributed by atoms with Crippen molar-refractivity contribution >= 4 is 11.8 Å². The van der Waals surface area contributed by atoms with E-state index in [1.807, 2.05) is 26.0 Å². The number of carbonyl (C=O) groups excluding carboxylic acids is 2. The monoisotopic (exact) mass is 320 g/mol. The highest BCUT2D eigenvalue weighted by Crippen LogP contribution is 2.30. The van der Waals surface area contributed by atoms with Crippen LogP contribution in [-0.2, 0) is 16.1 Å². The van der Waals surface area contributed by atoms with Gasteiger partial charge in [-0.25, -0.2) is 4.39 Å². The molecule has 2 atom stereocenters. The highest BCUT2D eigenvalue weighted by atomic mass is 19.1. The molecule has 124 valence electrons. The van der Waals surface area contributed by atoms with Gasteiger partial charge < -0.3 is 10.1 Å². The smallest absolute Gasteiger partial charge is 0.230 e. The average molecular weight is 320 g/mol. The van der Waals surface area contributed by atoms with Gasteiger partial charge in [0, 0.05) is 31.5 Å². The second kappa shape index (κ2) is 6.28. The lowest BCUT2D eigenvalue weighted by molar-refractivity contribution is -0.139. The molecular formula is C17H21FN2O3. The van der Waals surface area contributed by atoms with Crippen LogP contribution in [0.15, 0.2) is 12.1 Å². The summed E-state index contributed by atoms with van der Waals surface area (Å²) in [5, 5.41) is 2.96. The first kappa shape index (κ1) is 15.9. The number of benzene rings is 1. The molecular weight excluding hydrogens is 299 g/mol. The molecule has 1 aromatic carbocycles. The maximum Gasteiger partial charge on any atom is 0.230 e. The van der Waals surface area contributed by atoms with Crippen LogP contribution in [0.1, 0.15) is 29.5 Å². The Kier molecular flexibility index (Phi) is 4.35. The SMILES string of the molecule is Cc1cc(C)c(O[C@@H]2CNC[C@@H]2F)c(CN2C(=O)CCC2=O)c1. The first-order chi connectivity index (χ1) is 11.0. The van der Waals surface area contributed by atoms with E-state index in [0.29, 0.717) is 12.3 Å². The number of nitrogens with one attached hydrogen (secondary N) is 1. The molecule has 2 aliphatic heterocycles. The van der Waals surface area contributed by atoms with Gasteiger partial charge in [0.05, 0.1) is 6.54 Å². The molecule has 2 aliphatic rings. The molecule has 2 heterocycles. The predicted molar refractivity (Wildman–Crippen MR) is 82.9 cm³/mol. The standard InChI is InChI=1S/C17H21FN2O3/c1-10-5-11(2)17(23-14-8-19-7-13(14)18)12(6-10)9-20-15(21)3-4-16(20)22/h5-6,13-14,19H,3-4,7-9H2,1-2H3/t13-,14+/m0/s1. The van der Waals surface area contributed by atoms with Gasteiger partial charge >= 0.3 is 0 Å². The van der Waals surface area contributed by atoms with Crippen molar-refractivity contribution in [2.24, 2.45) is 0 Å². The number of halogens is 1. The number of rotatable bonds is 4. The Hall–Kier alpha value is -1.95. The van der Waals surface area contributed by atoms with Crippen LogP contribution in [0.4, 0.5) is 4.39 Å². The molecule has 3 rings (SSSR count). The van der Waals surface area contributed by atoms with E-state index in [4.69, 9.17) is 4.74 Å². The van der Waals surface area contributed by atoms with Crippen LogP contribution >= 0.6 is 0 Å². The number of aryl methyl sites for hydroxylation is 2. The van der Waals surface area contributed by atoms with Crippen molar-refractivity contribution < 1.29 is 18.7 Å². The summed E-state index contributed by atoms with van der Waals surface area (Å²) in [6, 6.07) is 3.86. The highest BCUT2D eigenvalue weighted by Gasteiger charge is 2.32. The van der Waals surface area contributed by atoms with E-state index in [9.17, 15) is 14.0 Å². The zero-order chi connectivity index (χ0) is 16.6. The Morgan fingerprint density at radius 3 is 2.52 bits per heavy atom. The fourth-order valence-corrected chi connectivity index (χ4v) is 3.19. The molecule has 6 heteroatoms. The van der Waals surface area contributed by atoms with Crippen molar-refractivity contribution in [3.8, 4) is 5.75 Å². The molecule has 0 radical (unpaired) electrons. The summed E-state index contributed by atoms with van der Waals surface area (Å²) in [7, 11) is 0. The number of likely N-dealkylation sites (tertiary alicyclic amines) is 1. The number of hydrogen-bond acceptors (Lipinski definition) is 4. The van der Waals surface area contributed by atoms with Crippen LogP contribution < -0.4 is 10.1 Å².